The molecule has 0 amide bonds. The minimum atomic E-state index is 0.793. The Kier molecular flexibility index (Phi) is 4.79. The Morgan fingerprint density at radius 3 is 2.56 bits per heavy atom. The Bertz CT molecular complexity index is 363. The number of nitrogens with zero attached hydrogens (tertiary/aromatic N) is 1. The van der Waals surface area contributed by atoms with Crippen LogP contribution in [0.3, 0.4) is 0 Å². The van der Waals surface area contributed by atoms with E-state index in [4.69, 9.17) is 0 Å². The molecular formula is C15H24BNO. The van der Waals surface area contributed by atoms with E-state index < -0.39 is 0 Å². The van der Waals surface area contributed by atoms with Crippen LogP contribution in [0.15, 0.2) is 12.3 Å². The molecule has 0 spiro atoms. The van der Waals surface area contributed by atoms with Gasteiger partial charge in [-0.1, -0.05) is 0 Å². The van der Waals surface area contributed by atoms with Crippen molar-refractivity contribution in [1.82, 2.24) is 0 Å². The first-order valence-corrected chi connectivity index (χ1v) is 7.27. The van der Waals surface area contributed by atoms with Crippen molar-refractivity contribution in [1.29, 1.82) is 0 Å². The predicted molar refractivity (Wildman–Crippen MR) is 76.0 cm³/mol. The van der Waals surface area contributed by atoms with Gasteiger partial charge in [-0.2, -0.15) is 0 Å². The number of rotatable bonds is 3. The Labute approximate surface area is 111 Å². The van der Waals surface area contributed by atoms with Crippen LogP contribution in [-0.4, -0.2) is 29.9 Å². The third-order valence-electron chi connectivity index (χ3n) is 4.50. The molecule has 0 aromatic carbocycles. The van der Waals surface area contributed by atoms with E-state index in [0.29, 0.717) is 0 Å². The fraction of sp³-hybridized carbons (Fsp3) is 0.733. The van der Waals surface area contributed by atoms with Gasteiger partial charge in [0.15, 0.2) is 0 Å². The normalized spacial score (nSPS) is 30.4. The fourth-order valence-electron chi connectivity index (χ4n) is 3.10. The van der Waals surface area contributed by atoms with Gasteiger partial charge >= 0.3 is 111 Å². The average molecular weight is 245 g/mol. The molecule has 1 fully saturated rings. The molecule has 1 saturated carbocycles. The summed E-state index contributed by atoms with van der Waals surface area (Å²) in [5.74, 6) is 2.62. The summed E-state index contributed by atoms with van der Waals surface area (Å²) in [6.07, 6.45) is 12.5. The Morgan fingerprint density at radius 2 is 2.06 bits per heavy atom. The van der Waals surface area contributed by atoms with E-state index in [2.05, 4.69) is 30.8 Å². The molecule has 0 aromatic rings. The molecule has 0 aromatic heterocycles. The Balaban J connectivity index is 1.79. The maximum absolute atomic E-state index is 10.6. The molecule has 0 atom stereocenters. The summed E-state index contributed by atoms with van der Waals surface area (Å²) in [6, 6.07) is 0. The van der Waals surface area contributed by atoms with Crippen LogP contribution in [0.4, 0.5) is 0 Å². The van der Waals surface area contributed by atoms with Gasteiger partial charge in [-0.05, 0) is 0 Å². The molecule has 1 aliphatic carbocycles. The van der Waals surface area contributed by atoms with Crippen LogP contribution >= 0.6 is 0 Å². The zero-order valence-electron chi connectivity index (χ0n) is 11.6. The molecule has 2 rings (SSSR count). The van der Waals surface area contributed by atoms with Crippen molar-refractivity contribution in [2.45, 2.75) is 46.0 Å². The summed E-state index contributed by atoms with van der Waals surface area (Å²) in [7, 11) is 0.957. The number of hydrogen-bond donors (Lipinski definition) is 0. The number of allylic oxidation sites excluding steroid dienone is 1. The van der Waals surface area contributed by atoms with Crippen molar-refractivity contribution in [3.8, 4) is 0 Å². The predicted octanol–water partition coefficient (Wildman–Crippen LogP) is 1.60. The summed E-state index contributed by atoms with van der Waals surface area (Å²) >= 11 is 0. The Hall–Kier alpha value is -0.855. The van der Waals surface area contributed by atoms with E-state index >= 15 is 0 Å². The molecule has 1 heterocycles. The van der Waals surface area contributed by atoms with Crippen LogP contribution in [0.5, 0.6) is 0 Å². The molecule has 2 nitrogen and oxygen atoms in total. The van der Waals surface area contributed by atoms with E-state index in [1.165, 1.54) is 25.7 Å². The van der Waals surface area contributed by atoms with Crippen LogP contribution in [0.25, 0.3) is 0 Å². The van der Waals surface area contributed by atoms with Crippen LogP contribution in [0.2, 0.25) is 0 Å². The summed E-state index contributed by atoms with van der Waals surface area (Å²) in [5.41, 5.74) is 0.884. The van der Waals surface area contributed by atoms with Crippen molar-refractivity contribution >= 4 is 18.8 Å². The molecule has 0 unspecified atom stereocenters. The molecule has 2 aliphatic rings. The van der Waals surface area contributed by atoms with Crippen LogP contribution in [0, 0.1) is 17.8 Å². The molecule has 0 saturated heterocycles. The zero-order valence-corrected chi connectivity index (χ0v) is 11.6. The van der Waals surface area contributed by atoms with Crippen molar-refractivity contribution < 1.29 is 9.60 Å². The van der Waals surface area contributed by atoms with Crippen molar-refractivity contribution in [2.75, 3.05) is 6.54 Å². The van der Waals surface area contributed by atoms with E-state index in [1.54, 1.807) is 0 Å². The molecule has 0 radical (unpaired) electrons. The molecule has 0 bridgehead atoms. The van der Waals surface area contributed by atoms with Gasteiger partial charge in [0.2, 0.25) is 0 Å². The third kappa shape index (κ3) is 3.57. The molecule has 0 N–H and O–H groups in total. The quantitative estimate of drug-likeness (QED) is 0.548. The summed E-state index contributed by atoms with van der Waals surface area (Å²) in [5, 5.41) is 10.6. The summed E-state index contributed by atoms with van der Waals surface area (Å²) < 4.78 is 2.27. The van der Waals surface area contributed by atoms with Gasteiger partial charge in [-0.25, -0.2) is 0 Å². The van der Waals surface area contributed by atoms with Crippen LogP contribution < -0.4 is 5.02 Å². The van der Waals surface area contributed by atoms with Gasteiger partial charge < -0.3 is 0 Å². The second kappa shape index (κ2) is 6.35. The van der Waals surface area contributed by atoms with Gasteiger partial charge in [0.05, 0.1) is 0 Å². The summed E-state index contributed by atoms with van der Waals surface area (Å²) in [6.45, 7) is 5.83. The average Bonchev–Trinajstić information content (AvgIpc) is 2.40. The van der Waals surface area contributed by atoms with Crippen molar-refractivity contribution in [2.24, 2.45) is 17.8 Å². The van der Waals surface area contributed by atoms with Crippen LogP contribution in [0.1, 0.15) is 46.0 Å². The van der Waals surface area contributed by atoms with Crippen molar-refractivity contribution in [3.05, 3.63) is 12.3 Å². The second-order valence-electron chi connectivity index (χ2n) is 6.12. The van der Waals surface area contributed by atoms with Gasteiger partial charge in [-0.15, -0.1) is 0 Å². The molecule has 18 heavy (non-hydrogen) atoms. The minimum absolute atomic E-state index is 0.793. The molecule has 3 heteroatoms. The summed E-state index contributed by atoms with van der Waals surface area (Å²) in [4.78, 5) is 0. The monoisotopic (exact) mass is 245 g/mol. The first-order valence-electron chi connectivity index (χ1n) is 7.27. The Morgan fingerprint density at radius 1 is 1.33 bits per heavy atom. The third-order valence-corrected chi connectivity index (χ3v) is 4.50. The molecule has 1 aliphatic heterocycles. The van der Waals surface area contributed by atoms with Gasteiger partial charge in [-0.3, -0.25) is 0 Å². The molecular weight excluding hydrogens is 221 g/mol. The maximum atomic E-state index is 10.6. The topological polar surface area (TPSA) is 26.1 Å². The molecule has 98 valence electrons. The van der Waals surface area contributed by atoms with E-state index in [0.717, 1.165) is 43.3 Å². The first-order chi connectivity index (χ1) is 8.69. The van der Waals surface area contributed by atoms with Crippen molar-refractivity contribution in [3.63, 3.8) is 0 Å². The van der Waals surface area contributed by atoms with Gasteiger partial charge in [0.1, 0.15) is 0 Å². The van der Waals surface area contributed by atoms with E-state index in [-0.39, 0.29) is 0 Å². The van der Waals surface area contributed by atoms with E-state index in [1.807, 2.05) is 6.08 Å². The first kappa shape index (κ1) is 13.6. The number of hydrogen-bond acceptors (Lipinski definition) is 1. The standard InChI is InChI=1S/C15H24BNO/c1-12(2)14-5-3-13(4-6-14)11-17-9-7-15(16-18)8-10-17/h7,9-10,12-14H,3-6,8,11H2,1-2H3. The SMILES string of the molecule is CC(C)C1CCC(C[N+]2=CCC(=B[O-])C=C2)CC1. The van der Waals surface area contributed by atoms with Crippen LogP contribution in [-0.2, 0) is 0 Å². The fourth-order valence-corrected chi connectivity index (χ4v) is 3.10. The zero-order chi connectivity index (χ0) is 13.0. The second-order valence-corrected chi connectivity index (χ2v) is 6.12. The van der Waals surface area contributed by atoms with Gasteiger partial charge in [0.25, 0.3) is 0 Å². The van der Waals surface area contributed by atoms with E-state index in [9.17, 15) is 5.02 Å². The van der Waals surface area contributed by atoms with Gasteiger partial charge in [0, 0.05) is 0 Å².